The Kier molecular flexibility index (Phi) is 6.46. The molecular weight excluding hydrogens is 483 g/mol. The molecule has 1 atom stereocenters. The van der Waals surface area contributed by atoms with Crippen LogP contribution in [0.5, 0.6) is 11.5 Å². The molecule has 1 aliphatic rings. The Morgan fingerprint density at radius 1 is 1.17 bits per heavy atom. The van der Waals surface area contributed by atoms with E-state index in [0.717, 1.165) is 14.7 Å². The quantitative estimate of drug-likeness (QED) is 0.569. The third kappa shape index (κ3) is 4.55. The summed E-state index contributed by atoms with van der Waals surface area (Å²) in [5, 5.41) is 5.67. The van der Waals surface area contributed by atoms with Gasteiger partial charge in [0, 0.05) is 5.57 Å². The summed E-state index contributed by atoms with van der Waals surface area (Å²) in [6.45, 7) is 5.39. The van der Waals surface area contributed by atoms with Crippen LogP contribution in [0.3, 0.4) is 0 Å². The molecule has 6 nitrogen and oxygen atoms in total. The van der Waals surface area contributed by atoms with Gasteiger partial charge in [0.2, 0.25) is 0 Å². The van der Waals surface area contributed by atoms with Crippen LogP contribution in [0.15, 0.2) is 48.0 Å². The fourth-order valence-electron chi connectivity index (χ4n) is 3.28. The Bertz CT molecular complexity index is 970. The highest BCUT2D eigenvalue weighted by atomic mass is 127. The molecule has 0 radical (unpaired) electrons. The maximum absolute atomic E-state index is 12.6. The first-order valence-electron chi connectivity index (χ1n) is 9.24. The van der Waals surface area contributed by atoms with E-state index < -0.39 is 6.04 Å². The monoisotopic (exact) mass is 506 g/mol. The summed E-state index contributed by atoms with van der Waals surface area (Å²) in [4.78, 5) is 25.0. The number of methoxy groups -OCH3 is 1. The van der Waals surface area contributed by atoms with Crippen LogP contribution >= 0.6 is 22.6 Å². The molecule has 0 bridgehead atoms. The number of benzene rings is 2. The van der Waals surface area contributed by atoms with Crippen LogP contribution in [-0.4, -0.2) is 25.0 Å². The van der Waals surface area contributed by atoms with Crippen LogP contribution in [0, 0.1) is 3.57 Å². The van der Waals surface area contributed by atoms with E-state index in [4.69, 9.17) is 9.47 Å². The minimum absolute atomic E-state index is 0.0146. The average Bonchev–Trinajstić information content (AvgIpc) is 2.68. The van der Waals surface area contributed by atoms with Gasteiger partial charge in [-0.2, -0.15) is 0 Å². The van der Waals surface area contributed by atoms with E-state index in [1.54, 1.807) is 7.11 Å². The fourth-order valence-corrected chi connectivity index (χ4v) is 4.04. The lowest BCUT2D eigenvalue weighted by Crippen LogP contribution is -2.44. The molecule has 2 amide bonds. The van der Waals surface area contributed by atoms with Gasteiger partial charge in [0.1, 0.15) is 0 Å². The molecule has 0 fully saturated rings. The van der Waals surface area contributed by atoms with E-state index in [2.05, 4.69) is 33.2 Å². The second kappa shape index (κ2) is 8.86. The highest BCUT2D eigenvalue weighted by molar-refractivity contribution is 14.1. The minimum Gasteiger partial charge on any atom is -0.493 e. The van der Waals surface area contributed by atoms with Crippen molar-refractivity contribution >= 4 is 40.1 Å². The summed E-state index contributed by atoms with van der Waals surface area (Å²) in [6, 6.07) is 12.1. The van der Waals surface area contributed by atoms with Crippen molar-refractivity contribution in [3.05, 3.63) is 62.7 Å². The van der Waals surface area contributed by atoms with Crippen molar-refractivity contribution in [1.29, 1.82) is 0 Å². The van der Waals surface area contributed by atoms with Crippen molar-refractivity contribution in [2.75, 3.05) is 7.11 Å². The second-order valence-corrected chi connectivity index (χ2v) is 8.11. The summed E-state index contributed by atoms with van der Waals surface area (Å²) in [5.41, 5.74) is 2.53. The summed E-state index contributed by atoms with van der Waals surface area (Å²) in [5.74, 6) is 1.07. The first-order chi connectivity index (χ1) is 13.8. The Balaban J connectivity index is 2.17. The Morgan fingerprint density at radius 3 is 2.45 bits per heavy atom. The van der Waals surface area contributed by atoms with Crippen LogP contribution in [0.1, 0.15) is 37.9 Å². The molecule has 29 heavy (non-hydrogen) atoms. The molecule has 1 heterocycles. The predicted molar refractivity (Wildman–Crippen MR) is 120 cm³/mol. The standard InChI is InChI=1S/C22H23IN2O4/c1-12(2)29-21-16(23)10-15(11-17(21)28-4)20-18(13(3)26)19(24-22(27)25-20)14-8-6-5-7-9-14/h5-12,20H,1-4H3,(H2,24,25,27). The molecule has 152 valence electrons. The summed E-state index contributed by atoms with van der Waals surface area (Å²) < 4.78 is 12.3. The number of halogens is 1. The normalized spacial score (nSPS) is 16.3. The van der Waals surface area contributed by atoms with Crippen molar-refractivity contribution in [2.24, 2.45) is 0 Å². The van der Waals surface area contributed by atoms with Gasteiger partial charge in [-0.15, -0.1) is 0 Å². The number of Topliss-reactive ketones (excluding diaryl/α,β-unsaturated/α-hetero) is 1. The Morgan fingerprint density at radius 2 is 1.86 bits per heavy atom. The number of hydrogen-bond donors (Lipinski definition) is 2. The van der Waals surface area contributed by atoms with Gasteiger partial charge in [0.25, 0.3) is 0 Å². The van der Waals surface area contributed by atoms with Gasteiger partial charge in [-0.3, -0.25) is 4.79 Å². The van der Waals surface area contributed by atoms with Crippen LogP contribution in [-0.2, 0) is 4.79 Å². The van der Waals surface area contributed by atoms with Crippen molar-refractivity contribution in [2.45, 2.75) is 32.9 Å². The van der Waals surface area contributed by atoms with Gasteiger partial charge < -0.3 is 20.1 Å². The van der Waals surface area contributed by atoms with Crippen molar-refractivity contribution in [1.82, 2.24) is 10.6 Å². The smallest absolute Gasteiger partial charge is 0.320 e. The van der Waals surface area contributed by atoms with E-state index in [-0.39, 0.29) is 17.9 Å². The maximum atomic E-state index is 12.6. The van der Waals surface area contributed by atoms with Gasteiger partial charge in [0.15, 0.2) is 17.3 Å². The van der Waals surface area contributed by atoms with E-state index in [0.29, 0.717) is 22.8 Å². The zero-order valence-electron chi connectivity index (χ0n) is 16.7. The predicted octanol–water partition coefficient (Wildman–Crippen LogP) is 4.44. The number of hydrogen-bond acceptors (Lipinski definition) is 4. The number of ether oxygens (including phenoxy) is 2. The third-order valence-corrected chi connectivity index (χ3v) is 5.25. The number of carbonyl (C=O) groups is 2. The molecule has 0 saturated carbocycles. The van der Waals surface area contributed by atoms with E-state index >= 15 is 0 Å². The van der Waals surface area contributed by atoms with Crippen LogP contribution in [0.2, 0.25) is 0 Å². The lowest BCUT2D eigenvalue weighted by atomic mass is 9.90. The molecule has 0 saturated heterocycles. The number of carbonyl (C=O) groups excluding carboxylic acids is 2. The third-order valence-electron chi connectivity index (χ3n) is 4.45. The van der Waals surface area contributed by atoms with Crippen LogP contribution < -0.4 is 20.1 Å². The topological polar surface area (TPSA) is 76.7 Å². The molecule has 2 aromatic carbocycles. The first kappa shape index (κ1) is 21.2. The summed E-state index contributed by atoms with van der Waals surface area (Å²) >= 11 is 2.18. The molecule has 3 rings (SSSR count). The van der Waals surface area contributed by atoms with E-state index in [1.165, 1.54) is 6.92 Å². The Hall–Kier alpha value is -2.55. The second-order valence-electron chi connectivity index (χ2n) is 6.94. The lowest BCUT2D eigenvalue weighted by Gasteiger charge is -2.30. The summed E-state index contributed by atoms with van der Waals surface area (Å²) in [6.07, 6.45) is -0.0146. The first-order valence-corrected chi connectivity index (χ1v) is 10.3. The number of urea groups is 1. The molecule has 2 aromatic rings. The average molecular weight is 506 g/mol. The lowest BCUT2D eigenvalue weighted by molar-refractivity contribution is -0.113. The van der Waals surface area contributed by atoms with Gasteiger partial charge in [-0.25, -0.2) is 4.79 Å². The highest BCUT2D eigenvalue weighted by Gasteiger charge is 2.32. The van der Waals surface area contributed by atoms with Gasteiger partial charge in [0.05, 0.1) is 28.5 Å². The molecule has 2 N–H and O–H groups in total. The van der Waals surface area contributed by atoms with Gasteiger partial charge >= 0.3 is 6.03 Å². The number of rotatable bonds is 6. The molecule has 1 aliphatic heterocycles. The van der Waals surface area contributed by atoms with Crippen molar-refractivity contribution < 1.29 is 19.1 Å². The highest BCUT2D eigenvalue weighted by Crippen LogP contribution is 2.39. The zero-order chi connectivity index (χ0) is 21.1. The number of amides is 2. The molecule has 0 spiro atoms. The van der Waals surface area contributed by atoms with Crippen molar-refractivity contribution in [3.63, 3.8) is 0 Å². The van der Waals surface area contributed by atoms with Crippen molar-refractivity contribution in [3.8, 4) is 11.5 Å². The molecule has 7 heteroatoms. The summed E-state index contributed by atoms with van der Waals surface area (Å²) in [7, 11) is 1.57. The van der Waals surface area contributed by atoms with Gasteiger partial charge in [-0.05, 0) is 66.6 Å². The van der Waals surface area contributed by atoms with Crippen LogP contribution in [0.25, 0.3) is 5.70 Å². The largest absolute Gasteiger partial charge is 0.493 e. The van der Waals surface area contributed by atoms with Gasteiger partial charge in [-0.1, -0.05) is 30.3 Å². The molecular formula is C22H23IN2O4. The van der Waals surface area contributed by atoms with E-state index in [1.807, 2.05) is 56.3 Å². The maximum Gasteiger partial charge on any atom is 0.320 e. The molecule has 1 unspecified atom stereocenters. The molecule has 0 aromatic heterocycles. The fraction of sp³-hybridized carbons (Fsp3) is 0.273. The molecule has 0 aliphatic carbocycles. The minimum atomic E-state index is -0.605. The Labute approximate surface area is 183 Å². The zero-order valence-corrected chi connectivity index (χ0v) is 18.9. The van der Waals surface area contributed by atoms with E-state index in [9.17, 15) is 9.59 Å². The SMILES string of the molecule is COc1cc(C2NC(=O)NC(c3ccccc3)=C2C(C)=O)cc(I)c1OC(C)C. The number of nitrogens with one attached hydrogen (secondary N) is 2. The number of ketones is 1. The van der Waals surface area contributed by atoms with Crippen LogP contribution in [0.4, 0.5) is 4.79 Å².